The topological polar surface area (TPSA) is 106 Å². The number of alkyl carbamates (subject to hydrolysis) is 1. The number of nitrogens with one attached hydrogen (secondary N) is 2. The van der Waals surface area contributed by atoms with E-state index in [1.54, 1.807) is 17.1 Å². The first-order valence-electron chi connectivity index (χ1n) is 11.2. The fraction of sp³-hybridized carbons (Fsp3) is 0.375. The lowest BCUT2D eigenvalue weighted by Gasteiger charge is -2.28. The van der Waals surface area contributed by atoms with E-state index in [1.807, 2.05) is 32.2 Å². The predicted molar refractivity (Wildman–Crippen MR) is 132 cm³/mol. The number of carbonyl (C=O) groups excluding carboxylic acids is 2. The largest absolute Gasteiger partial charge is 0.489 e. The molecule has 1 aromatic carbocycles. The number of imidazole rings is 1. The number of hydrogen-bond acceptors (Lipinski definition) is 6. The van der Waals surface area contributed by atoms with Crippen molar-refractivity contribution in [3.05, 3.63) is 55.5 Å². The number of benzene rings is 1. The van der Waals surface area contributed by atoms with Gasteiger partial charge in [-0.3, -0.25) is 4.79 Å². The first kappa shape index (κ1) is 25.1. The maximum atomic E-state index is 13.3. The highest BCUT2D eigenvalue weighted by molar-refractivity contribution is 6.32. The Balaban J connectivity index is 1.81. The van der Waals surface area contributed by atoms with Gasteiger partial charge in [-0.15, -0.1) is 6.58 Å². The Morgan fingerprint density at radius 3 is 2.88 bits per heavy atom. The third-order valence-electron chi connectivity index (χ3n) is 5.51. The number of carbonyl (C=O) groups is 2. The smallest absolute Gasteiger partial charge is 0.407 e. The minimum absolute atomic E-state index is 0.0138. The van der Waals surface area contributed by atoms with Crippen molar-refractivity contribution in [3.8, 4) is 17.0 Å². The Bertz CT molecular complexity index is 1020. The molecule has 0 aliphatic carbocycles. The molecule has 3 rings (SSSR count). The zero-order valence-corrected chi connectivity index (χ0v) is 19.7. The van der Waals surface area contributed by atoms with Crippen molar-refractivity contribution in [2.75, 3.05) is 33.5 Å². The Hall–Kier alpha value is -3.53. The number of rotatable bonds is 11. The van der Waals surface area contributed by atoms with Crippen molar-refractivity contribution in [2.45, 2.75) is 24.9 Å². The quantitative estimate of drug-likeness (QED) is 0.295. The van der Waals surface area contributed by atoms with Gasteiger partial charge in [0.1, 0.15) is 32.1 Å². The van der Waals surface area contributed by atoms with Crippen molar-refractivity contribution in [3.63, 3.8) is 0 Å². The Labute approximate surface area is 200 Å². The monoisotopic (exact) mass is 466 g/mol. The lowest BCUT2D eigenvalue weighted by Crippen LogP contribution is -2.50. The van der Waals surface area contributed by atoms with Crippen LogP contribution >= 0.6 is 0 Å². The van der Waals surface area contributed by atoms with Crippen molar-refractivity contribution in [1.29, 1.82) is 0 Å². The van der Waals surface area contributed by atoms with Crippen molar-refractivity contribution < 1.29 is 23.8 Å². The van der Waals surface area contributed by atoms with Gasteiger partial charge in [0, 0.05) is 18.3 Å². The number of likely N-dealkylation sites (tertiary alicyclic amines) is 1. The molecule has 34 heavy (non-hydrogen) atoms. The second kappa shape index (κ2) is 12.1. The molecule has 0 saturated carbocycles. The van der Waals surface area contributed by atoms with Gasteiger partial charge in [0.25, 0.3) is 0 Å². The first-order chi connectivity index (χ1) is 16.5. The zero-order chi connectivity index (χ0) is 24.5. The number of methoxy groups -OCH3 is 1. The van der Waals surface area contributed by atoms with Gasteiger partial charge in [0.2, 0.25) is 5.91 Å². The second-order valence-electron chi connectivity index (χ2n) is 7.97. The van der Waals surface area contributed by atoms with Crippen LogP contribution in [0.2, 0.25) is 0 Å². The van der Waals surface area contributed by atoms with Crippen LogP contribution in [0.25, 0.3) is 11.3 Å². The van der Waals surface area contributed by atoms with Gasteiger partial charge >= 0.3 is 6.09 Å². The molecule has 0 radical (unpaired) electrons. The summed E-state index contributed by atoms with van der Waals surface area (Å²) in [7, 11) is 3.25. The highest BCUT2D eigenvalue weighted by Crippen LogP contribution is 2.34. The molecule has 2 atom stereocenters. The van der Waals surface area contributed by atoms with Gasteiger partial charge in [-0.1, -0.05) is 30.3 Å². The summed E-state index contributed by atoms with van der Waals surface area (Å²) in [6.45, 7) is 8.54. The van der Waals surface area contributed by atoms with E-state index >= 15 is 0 Å². The van der Waals surface area contributed by atoms with Crippen molar-refractivity contribution in [2.24, 2.45) is 0 Å². The number of ether oxygens (including phenoxy) is 3. The Morgan fingerprint density at radius 1 is 1.35 bits per heavy atom. The van der Waals surface area contributed by atoms with E-state index < -0.39 is 12.1 Å². The summed E-state index contributed by atoms with van der Waals surface area (Å²) >= 11 is 0. The second-order valence-corrected chi connectivity index (χ2v) is 7.97. The number of hydrogen-bond donors (Lipinski definition) is 2. The molecule has 2 amide bonds. The minimum atomic E-state index is -0.876. The lowest BCUT2D eigenvalue weighted by atomic mass is 9.94. The van der Waals surface area contributed by atoms with Crippen LogP contribution < -0.4 is 15.5 Å². The number of aromatic amines is 1. The fourth-order valence-electron chi connectivity index (χ4n) is 3.91. The van der Waals surface area contributed by atoms with Crippen LogP contribution in [0.15, 0.2) is 49.7 Å². The molecule has 2 N–H and O–H groups in total. The zero-order valence-electron chi connectivity index (χ0n) is 19.7. The van der Waals surface area contributed by atoms with E-state index in [9.17, 15) is 9.59 Å². The number of aromatic nitrogens is 2. The maximum absolute atomic E-state index is 13.3. The molecule has 180 valence electrons. The summed E-state index contributed by atoms with van der Waals surface area (Å²) < 4.78 is 16.0. The molecule has 1 aliphatic heterocycles. The highest BCUT2D eigenvalue weighted by Gasteiger charge is 2.36. The molecule has 9 nitrogen and oxygen atoms in total. The summed E-state index contributed by atoms with van der Waals surface area (Å²) in [6, 6.07) is 4.81. The number of nitrogens with zero attached hydrogens (tertiary/aromatic N) is 2. The molecule has 0 bridgehead atoms. The summed E-state index contributed by atoms with van der Waals surface area (Å²) in [5.41, 5.74) is 2.66. The summed E-state index contributed by atoms with van der Waals surface area (Å²) in [4.78, 5) is 34.9. The van der Waals surface area contributed by atoms with E-state index in [0.29, 0.717) is 19.0 Å². The van der Waals surface area contributed by atoms with Gasteiger partial charge in [0.15, 0.2) is 0 Å². The number of H-pyrrole nitrogens is 1. The molecule has 1 aromatic heterocycles. The van der Waals surface area contributed by atoms with E-state index in [4.69, 9.17) is 14.5 Å². The lowest BCUT2D eigenvalue weighted by molar-refractivity contribution is -0.135. The standard InChI is InChI=1S/C24H31BN4O5/c1-4-11-33-15-19(28-24(31)32-3)23(30)29-10-6-7-20(29)22-26-14-18(27-22)17-9-8-16(25)13-21(17)34-12-5-2/h4-5,8-9,13-14,19-20H,1-2,6-7,10-12,15,25H2,3H3,(H,26,27)(H,28,31). The van der Waals surface area contributed by atoms with Crippen molar-refractivity contribution >= 4 is 25.3 Å². The molecule has 2 heterocycles. The molecule has 10 heteroatoms. The fourth-order valence-corrected chi connectivity index (χ4v) is 3.91. The SMILES string of the molecule is Bc1ccc(-c2c[nH]c(C3CCCN3C(=O)C(COCC=C)NC(=O)OC)n2)c(OCC=C)c1. The summed E-state index contributed by atoms with van der Waals surface area (Å²) in [5, 5.41) is 2.57. The molecule has 2 unspecified atom stereocenters. The van der Waals surface area contributed by atoms with Crippen LogP contribution in [-0.2, 0) is 14.3 Å². The third kappa shape index (κ3) is 6.08. The van der Waals surface area contributed by atoms with Gasteiger partial charge in [-0.25, -0.2) is 9.78 Å². The van der Waals surface area contributed by atoms with Crippen LogP contribution in [-0.4, -0.2) is 74.2 Å². The molecular weight excluding hydrogens is 435 g/mol. The average Bonchev–Trinajstić information content (AvgIpc) is 3.51. The van der Waals surface area contributed by atoms with Gasteiger partial charge in [-0.05, 0) is 25.0 Å². The molecule has 1 fully saturated rings. The van der Waals surface area contributed by atoms with Gasteiger partial charge in [0.05, 0.1) is 32.1 Å². The highest BCUT2D eigenvalue weighted by atomic mass is 16.5. The van der Waals surface area contributed by atoms with Crippen LogP contribution in [0, 0.1) is 0 Å². The van der Waals surface area contributed by atoms with Crippen LogP contribution in [0.3, 0.4) is 0 Å². The normalized spacial score (nSPS) is 16.0. The van der Waals surface area contributed by atoms with Gasteiger partial charge < -0.3 is 29.4 Å². The van der Waals surface area contributed by atoms with Crippen LogP contribution in [0.1, 0.15) is 24.7 Å². The number of amides is 2. The third-order valence-corrected chi connectivity index (χ3v) is 5.51. The Morgan fingerprint density at radius 2 is 2.15 bits per heavy atom. The van der Waals surface area contributed by atoms with E-state index in [0.717, 1.165) is 35.3 Å². The van der Waals surface area contributed by atoms with Gasteiger partial charge in [-0.2, -0.15) is 0 Å². The first-order valence-corrected chi connectivity index (χ1v) is 11.2. The van der Waals surface area contributed by atoms with E-state index in [1.165, 1.54) is 7.11 Å². The summed E-state index contributed by atoms with van der Waals surface area (Å²) in [5.74, 6) is 1.15. The maximum Gasteiger partial charge on any atom is 0.407 e. The molecule has 2 aromatic rings. The van der Waals surface area contributed by atoms with Crippen molar-refractivity contribution in [1.82, 2.24) is 20.2 Å². The van der Waals surface area contributed by atoms with E-state index in [-0.39, 0.29) is 25.2 Å². The minimum Gasteiger partial charge on any atom is -0.489 e. The van der Waals surface area contributed by atoms with Crippen LogP contribution in [0.4, 0.5) is 4.79 Å². The molecule has 1 saturated heterocycles. The molecular formula is C24H31BN4O5. The Kier molecular flexibility index (Phi) is 8.92. The van der Waals surface area contributed by atoms with E-state index in [2.05, 4.69) is 28.2 Å². The van der Waals surface area contributed by atoms with Crippen LogP contribution in [0.5, 0.6) is 5.75 Å². The molecule has 1 aliphatic rings. The average molecular weight is 466 g/mol. The predicted octanol–water partition coefficient (Wildman–Crippen LogP) is 1.49. The molecule has 0 spiro atoms. The summed E-state index contributed by atoms with van der Waals surface area (Å²) in [6.07, 6.45) is 5.98.